The van der Waals surface area contributed by atoms with E-state index < -0.39 is 5.60 Å². The lowest BCUT2D eigenvalue weighted by atomic mass is 10.1. The highest BCUT2D eigenvalue weighted by Gasteiger charge is 2.19. The van der Waals surface area contributed by atoms with Crippen LogP contribution < -0.4 is 5.73 Å². The van der Waals surface area contributed by atoms with Gasteiger partial charge in [0.1, 0.15) is 5.60 Å². The van der Waals surface area contributed by atoms with Crippen LogP contribution >= 0.6 is 0 Å². The van der Waals surface area contributed by atoms with Crippen molar-refractivity contribution in [2.45, 2.75) is 39.7 Å². The maximum Gasteiger partial charge on any atom is 0.310 e. The molecule has 0 spiro atoms. The van der Waals surface area contributed by atoms with Gasteiger partial charge in [-0.3, -0.25) is 4.79 Å². The number of rotatable bonds is 2. The van der Waals surface area contributed by atoms with Crippen LogP contribution in [0.15, 0.2) is 18.2 Å². The SMILES string of the molecule is Cc1[nH]c2ccc(N)cc2c1CC(=O)OC(C)(C)C. The van der Waals surface area contributed by atoms with Crippen LogP contribution in [0.25, 0.3) is 10.9 Å². The van der Waals surface area contributed by atoms with Crippen molar-refractivity contribution in [1.82, 2.24) is 4.98 Å². The number of nitrogens with two attached hydrogens (primary N) is 1. The quantitative estimate of drug-likeness (QED) is 0.644. The molecule has 2 rings (SSSR count). The summed E-state index contributed by atoms with van der Waals surface area (Å²) in [5.74, 6) is -0.223. The minimum absolute atomic E-state index is 0.223. The molecule has 19 heavy (non-hydrogen) atoms. The molecule has 0 amide bonds. The van der Waals surface area contributed by atoms with Gasteiger partial charge in [0.25, 0.3) is 0 Å². The number of hydrogen-bond donors (Lipinski definition) is 2. The molecule has 1 aromatic carbocycles. The molecule has 4 nitrogen and oxygen atoms in total. The minimum Gasteiger partial charge on any atom is -0.460 e. The molecule has 0 saturated carbocycles. The predicted molar refractivity (Wildman–Crippen MR) is 77.0 cm³/mol. The lowest BCUT2D eigenvalue weighted by molar-refractivity contribution is -0.153. The second-order valence-corrected chi connectivity index (χ2v) is 5.80. The molecule has 0 aliphatic heterocycles. The van der Waals surface area contributed by atoms with Gasteiger partial charge in [-0.05, 0) is 51.5 Å². The Bertz CT molecular complexity index is 621. The molecular weight excluding hydrogens is 240 g/mol. The summed E-state index contributed by atoms with van der Waals surface area (Å²) < 4.78 is 5.36. The fourth-order valence-electron chi connectivity index (χ4n) is 2.15. The Labute approximate surface area is 112 Å². The third kappa shape index (κ3) is 3.08. The molecule has 0 bridgehead atoms. The first-order chi connectivity index (χ1) is 8.76. The van der Waals surface area contributed by atoms with Crippen molar-refractivity contribution >= 4 is 22.6 Å². The number of nitrogen functional groups attached to an aromatic ring is 1. The average molecular weight is 260 g/mol. The number of hydrogen-bond acceptors (Lipinski definition) is 3. The standard InChI is InChI=1S/C15H20N2O2/c1-9-11(8-14(18)19-15(2,3)4)12-7-10(16)5-6-13(12)17-9/h5-7,17H,8,16H2,1-4H3. The van der Waals surface area contributed by atoms with E-state index in [1.807, 2.05) is 45.9 Å². The number of nitrogens with one attached hydrogen (secondary N) is 1. The summed E-state index contributed by atoms with van der Waals surface area (Å²) in [5.41, 5.74) is 8.96. The summed E-state index contributed by atoms with van der Waals surface area (Å²) in [6, 6.07) is 5.66. The molecule has 0 unspecified atom stereocenters. The summed E-state index contributed by atoms with van der Waals surface area (Å²) in [5, 5.41) is 0.989. The van der Waals surface area contributed by atoms with Crippen LogP contribution in [0.2, 0.25) is 0 Å². The first kappa shape index (κ1) is 13.5. The highest BCUT2D eigenvalue weighted by molar-refractivity contribution is 5.90. The van der Waals surface area contributed by atoms with E-state index in [-0.39, 0.29) is 12.4 Å². The van der Waals surface area contributed by atoms with E-state index in [4.69, 9.17) is 10.5 Å². The highest BCUT2D eigenvalue weighted by Crippen LogP contribution is 2.25. The maximum absolute atomic E-state index is 11.9. The third-order valence-electron chi connectivity index (χ3n) is 2.88. The maximum atomic E-state index is 11.9. The van der Waals surface area contributed by atoms with Crippen LogP contribution in [0.4, 0.5) is 5.69 Å². The van der Waals surface area contributed by atoms with Gasteiger partial charge in [-0.25, -0.2) is 0 Å². The predicted octanol–water partition coefficient (Wildman–Crippen LogP) is 2.94. The molecule has 1 aromatic heterocycles. The normalized spacial score (nSPS) is 11.8. The van der Waals surface area contributed by atoms with Crippen LogP contribution in [0.3, 0.4) is 0 Å². The Hall–Kier alpha value is -1.97. The number of H-pyrrole nitrogens is 1. The fraction of sp³-hybridized carbons (Fsp3) is 0.400. The van der Waals surface area contributed by atoms with E-state index in [2.05, 4.69) is 4.98 Å². The largest absolute Gasteiger partial charge is 0.460 e. The summed E-state index contributed by atoms with van der Waals surface area (Å²) in [7, 11) is 0. The van der Waals surface area contributed by atoms with Crippen LogP contribution in [0.1, 0.15) is 32.0 Å². The smallest absolute Gasteiger partial charge is 0.310 e. The highest BCUT2D eigenvalue weighted by atomic mass is 16.6. The van der Waals surface area contributed by atoms with Gasteiger partial charge in [0.15, 0.2) is 0 Å². The van der Waals surface area contributed by atoms with Crippen molar-refractivity contribution in [3.63, 3.8) is 0 Å². The molecular formula is C15H20N2O2. The Morgan fingerprint density at radius 2 is 2.05 bits per heavy atom. The molecule has 0 aliphatic rings. The molecule has 0 saturated heterocycles. The van der Waals surface area contributed by atoms with Gasteiger partial charge in [0, 0.05) is 22.3 Å². The van der Waals surface area contributed by atoms with Crippen LogP contribution in [0, 0.1) is 6.92 Å². The van der Waals surface area contributed by atoms with Crippen molar-refractivity contribution in [2.24, 2.45) is 0 Å². The van der Waals surface area contributed by atoms with E-state index in [1.165, 1.54) is 0 Å². The molecule has 1 heterocycles. The van der Waals surface area contributed by atoms with Gasteiger partial charge in [-0.15, -0.1) is 0 Å². The molecule has 3 N–H and O–H groups in total. The molecule has 4 heteroatoms. The Morgan fingerprint density at radius 3 is 2.68 bits per heavy atom. The van der Waals surface area contributed by atoms with Crippen molar-refractivity contribution < 1.29 is 9.53 Å². The van der Waals surface area contributed by atoms with Gasteiger partial charge in [0.2, 0.25) is 0 Å². The van der Waals surface area contributed by atoms with Crippen molar-refractivity contribution in [1.29, 1.82) is 0 Å². The summed E-state index contributed by atoms with van der Waals surface area (Å²) in [6.07, 6.45) is 0.257. The van der Waals surface area contributed by atoms with Crippen molar-refractivity contribution in [3.05, 3.63) is 29.5 Å². The Kier molecular flexibility index (Phi) is 3.27. The van der Waals surface area contributed by atoms with Gasteiger partial charge in [-0.2, -0.15) is 0 Å². The number of ether oxygens (including phenoxy) is 1. The number of carbonyl (C=O) groups is 1. The zero-order valence-corrected chi connectivity index (χ0v) is 11.8. The first-order valence-electron chi connectivity index (χ1n) is 6.35. The van der Waals surface area contributed by atoms with Crippen molar-refractivity contribution in [3.8, 4) is 0 Å². The Morgan fingerprint density at radius 1 is 1.37 bits per heavy atom. The lowest BCUT2D eigenvalue weighted by Crippen LogP contribution is -2.25. The van der Waals surface area contributed by atoms with Crippen LogP contribution in [0.5, 0.6) is 0 Å². The molecule has 0 radical (unpaired) electrons. The molecule has 0 atom stereocenters. The van der Waals surface area contributed by atoms with E-state index >= 15 is 0 Å². The number of fused-ring (bicyclic) bond motifs is 1. The van der Waals surface area contributed by atoms with Gasteiger partial charge >= 0.3 is 5.97 Å². The number of aryl methyl sites for hydroxylation is 1. The summed E-state index contributed by atoms with van der Waals surface area (Å²) in [6.45, 7) is 7.55. The van der Waals surface area contributed by atoms with Gasteiger partial charge in [-0.1, -0.05) is 0 Å². The zero-order valence-electron chi connectivity index (χ0n) is 11.8. The zero-order chi connectivity index (χ0) is 14.2. The number of anilines is 1. The van der Waals surface area contributed by atoms with E-state index in [9.17, 15) is 4.79 Å². The molecule has 0 aliphatic carbocycles. The summed E-state index contributed by atoms with van der Waals surface area (Å²) in [4.78, 5) is 15.2. The van der Waals surface area contributed by atoms with E-state index in [0.717, 1.165) is 22.2 Å². The average Bonchev–Trinajstić information content (AvgIpc) is 2.53. The number of aromatic nitrogens is 1. The van der Waals surface area contributed by atoms with E-state index in [1.54, 1.807) is 0 Å². The number of carbonyl (C=O) groups excluding carboxylic acids is 1. The monoisotopic (exact) mass is 260 g/mol. The molecule has 2 aromatic rings. The second-order valence-electron chi connectivity index (χ2n) is 5.80. The second kappa shape index (κ2) is 4.61. The van der Waals surface area contributed by atoms with Crippen molar-refractivity contribution in [2.75, 3.05) is 5.73 Å². The molecule has 102 valence electrons. The number of aromatic amines is 1. The fourth-order valence-corrected chi connectivity index (χ4v) is 2.15. The van der Waals surface area contributed by atoms with E-state index in [0.29, 0.717) is 5.69 Å². The number of benzene rings is 1. The Balaban J connectivity index is 2.32. The third-order valence-corrected chi connectivity index (χ3v) is 2.88. The minimum atomic E-state index is -0.462. The number of esters is 1. The van der Waals surface area contributed by atoms with Gasteiger partial charge < -0.3 is 15.5 Å². The molecule has 0 fully saturated rings. The van der Waals surface area contributed by atoms with Crippen LogP contribution in [-0.2, 0) is 16.0 Å². The lowest BCUT2D eigenvalue weighted by Gasteiger charge is -2.19. The van der Waals surface area contributed by atoms with Gasteiger partial charge in [0.05, 0.1) is 6.42 Å². The first-order valence-corrected chi connectivity index (χ1v) is 6.35. The van der Waals surface area contributed by atoms with Crippen LogP contribution in [-0.4, -0.2) is 16.6 Å². The summed E-state index contributed by atoms with van der Waals surface area (Å²) >= 11 is 0. The topological polar surface area (TPSA) is 68.1 Å².